The Labute approximate surface area is 104 Å². The van der Waals surface area contributed by atoms with Crippen molar-refractivity contribution in [3.05, 3.63) is 34.7 Å². The first kappa shape index (κ1) is 11.7. The van der Waals surface area contributed by atoms with E-state index in [2.05, 4.69) is 5.32 Å². The van der Waals surface area contributed by atoms with Gasteiger partial charge in [0.15, 0.2) is 5.17 Å². The normalized spacial score (nSPS) is 17.4. The van der Waals surface area contributed by atoms with Crippen molar-refractivity contribution in [3.8, 4) is 5.75 Å². The number of amidine groups is 1. The molecule has 2 rings (SSSR count). The number of carbonyl (C=O) groups is 1. The maximum Gasteiger partial charge on any atom is 0.264 e. The quantitative estimate of drug-likeness (QED) is 0.806. The topological polar surface area (TPSA) is 62.2 Å². The highest BCUT2D eigenvalue weighted by molar-refractivity contribution is 8.18. The molecule has 1 amide bonds. The van der Waals surface area contributed by atoms with Crippen LogP contribution in [0.4, 0.5) is 0 Å². The number of benzene rings is 1. The van der Waals surface area contributed by atoms with E-state index < -0.39 is 0 Å². The highest BCUT2D eigenvalue weighted by atomic mass is 32.2. The molecule has 17 heavy (non-hydrogen) atoms. The largest absolute Gasteiger partial charge is 0.494 e. The number of carbonyl (C=O) groups excluding carboxylic acids is 1. The van der Waals surface area contributed by atoms with Crippen LogP contribution in [-0.4, -0.2) is 17.7 Å². The summed E-state index contributed by atoms with van der Waals surface area (Å²) in [5, 5.41) is 9.95. The maximum atomic E-state index is 11.4. The molecule has 0 bridgehead atoms. The lowest BCUT2D eigenvalue weighted by Gasteiger charge is -2.03. The fraction of sp³-hybridized carbons (Fsp3) is 0.167. The lowest BCUT2D eigenvalue weighted by molar-refractivity contribution is -0.115. The first-order chi connectivity index (χ1) is 8.19. The zero-order valence-electron chi connectivity index (χ0n) is 9.32. The predicted octanol–water partition coefficient (Wildman–Crippen LogP) is 2.22. The predicted molar refractivity (Wildman–Crippen MR) is 69.0 cm³/mol. The Bertz CT molecular complexity index is 497. The molecule has 5 heteroatoms. The molecule has 1 heterocycles. The average molecular weight is 248 g/mol. The van der Waals surface area contributed by atoms with Crippen molar-refractivity contribution >= 4 is 28.9 Å². The van der Waals surface area contributed by atoms with Gasteiger partial charge in [-0.1, -0.05) is 12.1 Å². The summed E-state index contributed by atoms with van der Waals surface area (Å²) in [7, 11) is 0. The lowest BCUT2D eigenvalue weighted by Crippen LogP contribution is -2.18. The van der Waals surface area contributed by atoms with Crippen molar-refractivity contribution in [2.75, 3.05) is 6.61 Å². The average Bonchev–Trinajstić information content (AvgIpc) is 2.58. The van der Waals surface area contributed by atoms with Crippen LogP contribution in [0.15, 0.2) is 29.2 Å². The fourth-order valence-electron chi connectivity index (χ4n) is 1.45. The van der Waals surface area contributed by atoms with Gasteiger partial charge in [-0.25, -0.2) is 0 Å². The van der Waals surface area contributed by atoms with Crippen molar-refractivity contribution in [3.63, 3.8) is 0 Å². The Morgan fingerprint density at radius 2 is 2.35 bits per heavy atom. The molecule has 1 fully saturated rings. The Morgan fingerprint density at radius 1 is 1.53 bits per heavy atom. The van der Waals surface area contributed by atoms with Gasteiger partial charge >= 0.3 is 0 Å². The van der Waals surface area contributed by atoms with Crippen LogP contribution in [-0.2, 0) is 4.79 Å². The van der Waals surface area contributed by atoms with Crippen LogP contribution in [0.5, 0.6) is 5.75 Å². The van der Waals surface area contributed by atoms with Crippen molar-refractivity contribution in [2.45, 2.75) is 6.92 Å². The van der Waals surface area contributed by atoms with Crippen LogP contribution < -0.4 is 10.1 Å². The molecule has 0 aliphatic carbocycles. The lowest BCUT2D eigenvalue weighted by atomic mass is 10.2. The number of amides is 1. The molecule has 1 aliphatic heterocycles. The van der Waals surface area contributed by atoms with Gasteiger partial charge in [0.05, 0.1) is 11.5 Å². The molecule has 0 atom stereocenters. The van der Waals surface area contributed by atoms with Crippen molar-refractivity contribution in [1.29, 1.82) is 5.41 Å². The van der Waals surface area contributed by atoms with E-state index in [4.69, 9.17) is 10.1 Å². The van der Waals surface area contributed by atoms with Crippen LogP contribution in [0.25, 0.3) is 6.08 Å². The summed E-state index contributed by atoms with van der Waals surface area (Å²) in [6.45, 7) is 2.53. The third-order valence-electron chi connectivity index (χ3n) is 2.13. The third-order valence-corrected chi connectivity index (χ3v) is 2.96. The number of thioether (sulfide) groups is 1. The summed E-state index contributed by atoms with van der Waals surface area (Å²) in [6.07, 6.45) is 1.75. The van der Waals surface area contributed by atoms with Gasteiger partial charge < -0.3 is 10.1 Å². The molecular formula is C12H12N2O2S. The van der Waals surface area contributed by atoms with Crippen LogP contribution in [0.1, 0.15) is 12.5 Å². The van der Waals surface area contributed by atoms with Crippen LogP contribution in [0.3, 0.4) is 0 Å². The van der Waals surface area contributed by atoms with E-state index in [1.54, 1.807) is 6.08 Å². The molecule has 88 valence electrons. The van der Waals surface area contributed by atoms with Gasteiger partial charge in [0, 0.05) is 0 Å². The van der Waals surface area contributed by atoms with Gasteiger partial charge in [-0.3, -0.25) is 10.2 Å². The van der Waals surface area contributed by atoms with Gasteiger partial charge in [-0.2, -0.15) is 0 Å². The van der Waals surface area contributed by atoms with Gasteiger partial charge in [0.25, 0.3) is 5.91 Å². The minimum absolute atomic E-state index is 0.169. The summed E-state index contributed by atoms with van der Waals surface area (Å²) in [4.78, 5) is 12.0. The number of hydrogen-bond acceptors (Lipinski definition) is 4. The second-order valence-corrected chi connectivity index (χ2v) is 4.45. The molecule has 1 aromatic carbocycles. The number of rotatable bonds is 3. The zero-order valence-corrected chi connectivity index (χ0v) is 10.1. The molecule has 4 nitrogen and oxygen atoms in total. The molecule has 0 unspecified atom stereocenters. The summed E-state index contributed by atoms with van der Waals surface area (Å²) >= 11 is 1.13. The Balaban J connectivity index is 2.23. The maximum absolute atomic E-state index is 11.4. The van der Waals surface area contributed by atoms with Crippen molar-refractivity contribution in [2.24, 2.45) is 0 Å². The minimum atomic E-state index is -0.221. The van der Waals surface area contributed by atoms with E-state index in [1.165, 1.54) is 0 Å². The van der Waals surface area contributed by atoms with Crippen molar-refractivity contribution < 1.29 is 9.53 Å². The van der Waals surface area contributed by atoms with Crippen molar-refractivity contribution in [1.82, 2.24) is 5.32 Å². The Hall–Kier alpha value is -1.75. The van der Waals surface area contributed by atoms with Crippen LogP contribution in [0, 0.1) is 5.41 Å². The van der Waals surface area contributed by atoms with E-state index in [1.807, 2.05) is 31.2 Å². The molecule has 1 saturated heterocycles. The summed E-state index contributed by atoms with van der Waals surface area (Å²) in [5.74, 6) is 0.558. The van der Waals surface area contributed by atoms with Crippen LogP contribution in [0.2, 0.25) is 0 Å². The standard InChI is InChI=1S/C12H12N2O2S/c1-2-16-9-5-3-4-8(6-9)7-10-11(15)14-12(13)17-10/h3-7H,2H2,1H3,(H2,13,14,15)/b10-7-. The second-order valence-electron chi connectivity index (χ2n) is 3.40. The molecule has 0 spiro atoms. The highest BCUT2D eigenvalue weighted by Crippen LogP contribution is 2.26. The smallest absolute Gasteiger partial charge is 0.264 e. The molecular weight excluding hydrogens is 236 g/mol. The third kappa shape index (κ3) is 2.88. The number of hydrogen-bond donors (Lipinski definition) is 2. The Morgan fingerprint density at radius 3 is 3.00 bits per heavy atom. The SMILES string of the molecule is CCOc1cccc(/C=C2\SC(=N)NC2=O)c1. The van der Waals surface area contributed by atoms with E-state index >= 15 is 0 Å². The highest BCUT2D eigenvalue weighted by Gasteiger charge is 2.21. The summed E-state index contributed by atoms with van der Waals surface area (Å²) in [5.41, 5.74) is 0.892. The van der Waals surface area contributed by atoms with E-state index in [-0.39, 0.29) is 11.1 Å². The fourth-order valence-corrected chi connectivity index (χ4v) is 2.16. The second kappa shape index (κ2) is 5.05. The van der Waals surface area contributed by atoms with Gasteiger partial charge in [0.1, 0.15) is 5.75 Å². The molecule has 1 aliphatic rings. The van der Waals surface area contributed by atoms with E-state index in [9.17, 15) is 4.79 Å². The summed E-state index contributed by atoms with van der Waals surface area (Å²) < 4.78 is 5.38. The van der Waals surface area contributed by atoms with Gasteiger partial charge in [-0.15, -0.1) is 0 Å². The van der Waals surface area contributed by atoms with Crippen LogP contribution >= 0.6 is 11.8 Å². The summed E-state index contributed by atoms with van der Waals surface area (Å²) in [6, 6.07) is 7.51. The number of ether oxygens (including phenoxy) is 1. The zero-order chi connectivity index (χ0) is 12.3. The molecule has 0 aromatic heterocycles. The monoisotopic (exact) mass is 248 g/mol. The van der Waals surface area contributed by atoms with E-state index in [0.29, 0.717) is 11.5 Å². The molecule has 0 radical (unpaired) electrons. The Kier molecular flexibility index (Phi) is 3.49. The van der Waals surface area contributed by atoms with Gasteiger partial charge in [0.2, 0.25) is 0 Å². The van der Waals surface area contributed by atoms with Gasteiger partial charge in [-0.05, 0) is 42.5 Å². The minimum Gasteiger partial charge on any atom is -0.494 e. The number of nitrogens with one attached hydrogen (secondary N) is 2. The first-order valence-corrected chi connectivity index (χ1v) is 6.03. The molecule has 2 N–H and O–H groups in total. The van der Waals surface area contributed by atoms with E-state index in [0.717, 1.165) is 23.1 Å². The molecule has 1 aromatic rings. The first-order valence-electron chi connectivity index (χ1n) is 5.21. The molecule has 0 saturated carbocycles.